The molecule has 1 aliphatic heterocycles. The molecule has 162 valence electrons. The number of nitrogens with one attached hydrogen (secondary N) is 1. The van der Waals surface area contributed by atoms with Crippen molar-refractivity contribution < 1.29 is 19.1 Å². The molecule has 1 heterocycles. The summed E-state index contributed by atoms with van der Waals surface area (Å²) in [5, 5.41) is 2.81. The third kappa shape index (κ3) is 5.18. The number of ether oxygens (including phenoxy) is 1. The predicted molar refractivity (Wildman–Crippen MR) is 124 cm³/mol. The maximum atomic E-state index is 12.4. The predicted octanol–water partition coefficient (Wildman–Crippen LogP) is 4.48. The van der Waals surface area contributed by atoms with Gasteiger partial charge in [0.1, 0.15) is 5.75 Å². The van der Waals surface area contributed by atoms with Crippen molar-refractivity contribution in [3.05, 3.63) is 90.0 Å². The highest BCUT2D eigenvalue weighted by molar-refractivity contribution is 7.99. The molecule has 6 nitrogen and oxygen atoms in total. The topological polar surface area (TPSA) is 75.7 Å². The van der Waals surface area contributed by atoms with Crippen LogP contribution in [0.15, 0.2) is 83.8 Å². The zero-order chi connectivity index (χ0) is 22.3. The zero-order valence-corrected chi connectivity index (χ0v) is 18.1. The van der Waals surface area contributed by atoms with Gasteiger partial charge in [0.15, 0.2) is 6.61 Å². The molecule has 0 saturated carbocycles. The first-order valence-electron chi connectivity index (χ1n) is 10.3. The summed E-state index contributed by atoms with van der Waals surface area (Å²) >= 11 is 1.64. The molecule has 0 bridgehead atoms. The number of fused-ring (bicyclic) bond motifs is 1. The number of amides is 3. The van der Waals surface area contributed by atoms with E-state index in [9.17, 15) is 14.4 Å². The average Bonchev–Trinajstić information content (AvgIpc) is 3.07. The smallest absolute Gasteiger partial charge is 0.262 e. The lowest BCUT2D eigenvalue weighted by molar-refractivity contribution is -0.118. The van der Waals surface area contributed by atoms with E-state index in [4.69, 9.17) is 4.74 Å². The van der Waals surface area contributed by atoms with Crippen LogP contribution in [0.5, 0.6) is 5.75 Å². The minimum Gasteiger partial charge on any atom is -0.484 e. The Kier molecular flexibility index (Phi) is 6.87. The number of nitrogens with zero attached hydrogens (tertiary/aromatic N) is 1. The van der Waals surface area contributed by atoms with Crippen molar-refractivity contribution in [1.82, 2.24) is 4.90 Å². The molecule has 3 aromatic rings. The standard InChI is InChI=1S/C25H22N2O4S/c28-23(17-31-19-7-2-1-3-8-19)26-18-11-13-20(14-12-18)32-16-6-15-27-24(29)21-9-4-5-10-22(21)25(27)30/h1-5,7-14H,6,15-17H2,(H,26,28). The highest BCUT2D eigenvalue weighted by Crippen LogP contribution is 2.24. The van der Waals surface area contributed by atoms with Crippen LogP contribution in [-0.4, -0.2) is 41.5 Å². The molecule has 0 aliphatic carbocycles. The Morgan fingerprint density at radius 1 is 0.844 bits per heavy atom. The van der Waals surface area contributed by atoms with E-state index in [2.05, 4.69) is 5.32 Å². The maximum Gasteiger partial charge on any atom is 0.262 e. The van der Waals surface area contributed by atoms with Gasteiger partial charge in [0.25, 0.3) is 17.7 Å². The summed E-state index contributed by atoms with van der Waals surface area (Å²) in [6, 6.07) is 23.7. The Morgan fingerprint density at radius 2 is 1.47 bits per heavy atom. The Balaban J connectivity index is 1.19. The molecule has 0 spiro atoms. The van der Waals surface area contributed by atoms with Crippen LogP contribution in [0, 0.1) is 0 Å². The van der Waals surface area contributed by atoms with Crippen LogP contribution in [0.3, 0.4) is 0 Å². The zero-order valence-electron chi connectivity index (χ0n) is 17.3. The van der Waals surface area contributed by atoms with Crippen LogP contribution >= 0.6 is 11.8 Å². The summed E-state index contributed by atoms with van der Waals surface area (Å²) in [6.07, 6.45) is 0.700. The summed E-state index contributed by atoms with van der Waals surface area (Å²) in [7, 11) is 0. The van der Waals surface area contributed by atoms with Gasteiger partial charge in [-0.1, -0.05) is 30.3 Å². The molecule has 0 atom stereocenters. The van der Waals surface area contributed by atoms with Gasteiger partial charge in [-0.3, -0.25) is 19.3 Å². The van der Waals surface area contributed by atoms with Crippen LogP contribution in [0.25, 0.3) is 0 Å². The van der Waals surface area contributed by atoms with E-state index in [0.717, 1.165) is 10.6 Å². The second kappa shape index (κ2) is 10.2. The Bertz CT molecular complexity index is 1080. The lowest BCUT2D eigenvalue weighted by atomic mass is 10.1. The van der Waals surface area contributed by atoms with Crippen molar-refractivity contribution in [3.8, 4) is 5.75 Å². The van der Waals surface area contributed by atoms with Gasteiger partial charge in [-0.15, -0.1) is 11.8 Å². The van der Waals surface area contributed by atoms with Crippen molar-refractivity contribution in [2.75, 3.05) is 24.2 Å². The quantitative estimate of drug-likeness (QED) is 0.298. The molecule has 1 N–H and O–H groups in total. The molecule has 7 heteroatoms. The van der Waals surface area contributed by atoms with E-state index in [1.807, 2.05) is 42.5 Å². The first kappa shape index (κ1) is 21.6. The van der Waals surface area contributed by atoms with Gasteiger partial charge in [-0.25, -0.2) is 0 Å². The molecule has 3 aromatic carbocycles. The number of carbonyl (C=O) groups excluding carboxylic acids is 3. The molecule has 0 unspecified atom stereocenters. The number of hydrogen-bond donors (Lipinski definition) is 1. The minimum absolute atomic E-state index is 0.0572. The van der Waals surface area contributed by atoms with Gasteiger partial charge < -0.3 is 10.1 Å². The summed E-state index contributed by atoms with van der Waals surface area (Å²) in [5.74, 6) is 0.758. The fraction of sp³-hybridized carbons (Fsp3) is 0.160. The Morgan fingerprint density at radius 3 is 2.12 bits per heavy atom. The van der Waals surface area contributed by atoms with Crippen molar-refractivity contribution in [3.63, 3.8) is 0 Å². The first-order chi connectivity index (χ1) is 15.6. The van der Waals surface area contributed by atoms with Gasteiger partial charge in [-0.05, 0) is 60.7 Å². The molecular formula is C25H22N2O4S. The monoisotopic (exact) mass is 446 g/mol. The van der Waals surface area contributed by atoms with Gasteiger partial charge in [0, 0.05) is 17.1 Å². The fourth-order valence-electron chi connectivity index (χ4n) is 3.35. The lowest BCUT2D eigenvalue weighted by Gasteiger charge is -2.13. The van der Waals surface area contributed by atoms with E-state index < -0.39 is 0 Å². The van der Waals surface area contributed by atoms with E-state index >= 15 is 0 Å². The molecular weight excluding hydrogens is 424 g/mol. The molecule has 0 radical (unpaired) electrons. The first-order valence-corrected chi connectivity index (χ1v) is 11.3. The number of carbonyl (C=O) groups is 3. The third-order valence-corrected chi connectivity index (χ3v) is 6.02. The number of rotatable bonds is 9. The third-order valence-electron chi connectivity index (χ3n) is 4.92. The maximum absolute atomic E-state index is 12.4. The fourth-order valence-corrected chi connectivity index (χ4v) is 4.19. The number of imide groups is 1. The van der Waals surface area contributed by atoms with Gasteiger partial charge in [0.2, 0.25) is 0 Å². The molecule has 4 rings (SSSR count). The second-order valence-corrected chi connectivity index (χ2v) is 8.35. The second-order valence-electron chi connectivity index (χ2n) is 7.18. The van der Waals surface area contributed by atoms with E-state index in [-0.39, 0.29) is 24.3 Å². The summed E-state index contributed by atoms with van der Waals surface area (Å²) in [6.45, 7) is 0.341. The van der Waals surface area contributed by atoms with E-state index in [1.54, 1.807) is 48.2 Å². The Labute approximate surface area is 190 Å². The van der Waals surface area contributed by atoms with Crippen molar-refractivity contribution in [2.24, 2.45) is 0 Å². The highest BCUT2D eigenvalue weighted by Gasteiger charge is 2.34. The van der Waals surface area contributed by atoms with Crippen LogP contribution < -0.4 is 10.1 Å². The van der Waals surface area contributed by atoms with Crippen LogP contribution in [-0.2, 0) is 4.79 Å². The van der Waals surface area contributed by atoms with Crippen molar-refractivity contribution in [2.45, 2.75) is 11.3 Å². The summed E-state index contributed by atoms with van der Waals surface area (Å²) in [5.41, 5.74) is 1.66. The van der Waals surface area contributed by atoms with Gasteiger partial charge in [0.05, 0.1) is 11.1 Å². The number of benzene rings is 3. The van der Waals surface area contributed by atoms with Crippen LogP contribution in [0.1, 0.15) is 27.1 Å². The normalized spacial score (nSPS) is 12.6. The van der Waals surface area contributed by atoms with Crippen molar-refractivity contribution >= 4 is 35.2 Å². The number of anilines is 1. The number of para-hydroxylation sites is 1. The summed E-state index contributed by atoms with van der Waals surface area (Å²) in [4.78, 5) is 39.2. The highest BCUT2D eigenvalue weighted by atomic mass is 32.2. The lowest BCUT2D eigenvalue weighted by Crippen LogP contribution is -2.30. The van der Waals surface area contributed by atoms with Crippen LogP contribution in [0.4, 0.5) is 5.69 Å². The molecule has 0 saturated heterocycles. The van der Waals surface area contributed by atoms with Crippen molar-refractivity contribution in [1.29, 1.82) is 0 Å². The number of hydrogen-bond acceptors (Lipinski definition) is 5. The number of thioether (sulfide) groups is 1. The molecule has 3 amide bonds. The van der Waals surface area contributed by atoms with Crippen LogP contribution in [0.2, 0.25) is 0 Å². The molecule has 1 aliphatic rings. The SMILES string of the molecule is O=C(COc1ccccc1)Nc1ccc(SCCCN2C(=O)c3ccccc3C2=O)cc1. The molecule has 0 aromatic heterocycles. The van der Waals surface area contributed by atoms with Gasteiger partial charge >= 0.3 is 0 Å². The summed E-state index contributed by atoms with van der Waals surface area (Å²) < 4.78 is 5.44. The largest absolute Gasteiger partial charge is 0.484 e. The minimum atomic E-state index is -0.227. The van der Waals surface area contributed by atoms with Gasteiger partial charge in [-0.2, -0.15) is 0 Å². The van der Waals surface area contributed by atoms with E-state index in [0.29, 0.717) is 35.5 Å². The molecule has 0 fully saturated rings. The van der Waals surface area contributed by atoms with E-state index in [1.165, 1.54) is 4.90 Å². The average molecular weight is 447 g/mol. The Hall–Kier alpha value is -3.58. The molecule has 32 heavy (non-hydrogen) atoms.